The average molecular weight is 589 g/mol. The number of benzene rings is 2. The van der Waals surface area contributed by atoms with E-state index < -0.39 is 28.5 Å². The minimum Gasteiger partial charge on any atom is -0.352 e. The molecular formula is C26H32Cl3N3O4S. The molecule has 2 aromatic carbocycles. The van der Waals surface area contributed by atoms with E-state index in [0.29, 0.717) is 38.3 Å². The highest BCUT2D eigenvalue weighted by atomic mass is 35.5. The van der Waals surface area contributed by atoms with E-state index in [1.165, 1.54) is 4.90 Å². The van der Waals surface area contributed by atoms with E-state index in [4.69, 9.17) is 34.8 Å². The van der Waals surface area contributed by atoms with E-state index in [1.54, 1.807) is 43.3 Å². The Bertz CT molecular complexity index is 1230. The predicted molar refractivity (Wildman–Crippen MR) is 150 cm³/mol. The maximum absolute atomic E-state index is 13.8. The van der Waals surface area contributed by atoms with E-state index in [9.17, 15) is 18.0 Å². The van der Waals surface area contributed by atoms with Crippen molar-refractivity contribution in [1.29, 1.82) is 0 Å². The lowest BCUT2D eigenvalue weighted by molar-refractivity contribution is -0.140. The average Bonchev–Trinajstić information content (AvgIpc) is 3.32. The first-order valence-electron chi connectivity index (χ1n) is 12.2. The van der Waals surface area contributed by atoms with Gasteiger partial charge in [0, 0.05) is 33.2 Å². The fourth-order valence-electron chi connectivity index (χ4n) is 4.63. The fourth-order valence-corrected chi connectivity index (χ4v) is 6.28. The zero-order chi connectivity index (χ0) is 27.3. The van der Waals surface area contributed by atoms with Crippen molar-refractivity contribution >= 4 is 62.3 Å². The van der Waals surface area contributed by atoms with Gasteiger partial charge in [-0.1, -0.05) is 60.6 Å². The van der Waals surface area contributed by atoms with Crippen molar-refractivity contribution in [1.82, 2.24) is 10.2 Å². The van der Waals surface area contributed by atoms with Crippen LogP contribution in [0.3, 0.4) is 0 Å². The van der Waals surface area contributed by atoms with E-state index >= 15 is 0 Å². The van der Waals surface area contributed by atoms with Gasteiger partial charge in [0.15, 0.2) is 0 Å². The van der Waals surface area contributed by atoms with E-state index in [2.05, 4.69) is 5.32 Å². The molecule has 1 aliphatic carbocycles. The highest BCUT2D eigenvalue weighted by molar-refractivity contribution is 7.92. The first kappa shape index (κ1) is 29.6. The minimum atomic E-state index is -3.85. The Hall–Kier alpha value is -2.00. The maximum Gasteiger partial charge on any atom is 0.244 e. The molecule has 1 aliphatic rings. The number of carbonyl (C=O) groups excluding carboxylic acids is 2. The molecule has 1 saturated carbocycles. The number of amides is 2. The molecule has 1 fully saturated rings. The highest BCUT2D eigenvalue weighted by Gasteiger charge is 2.34. The summed E-state index contributed by atoms with van der Waals surface area (Å²) in [7, 11) is -3.85. The van der Waals surface area contributed by atoms with Crippen LogP contribution < -0.4 is 9.62 Å². The van der Waals surface area contributed by atoms with Gasteiger partial charge in [0.2, 0.25) is 21.8 Å². The summed E-state index contributed by atoms with van der Waals surface area (Å²) in [5.41, 5.74) is 1.41. The van der Waals surface area contributed by atoms with Gasteiger partial charge in [-0.3, -0.25) is 13.9 Å². The molecule has 2 aromatic rings. The maximum atomic E-state index is 13.8. The summed E-state index contributed by atoms with van der Waals surface area (Å²) >= 11 is 18.9. The van der Waals surface area contributed by atoms with Crippen molar-refractivity contribution in [2.24, 2.45) is 0 Å². The van der Waals surface area contributed by atoms with Crippen LogP contribution in [-0.4, -0.2) is 50.0 Å². The summed E-state index contributed by atoms with van der Waals surface area (Å²) in [6, 6.07) is 8.99. The summed E-state index contributed by atoms with van der Waals surface area (Å²) in [4.78, 5) is 28.6. The molecule has 0 spiro atoms. The van der Waals surface area contributed by atoms with Gasteiger partial charge in [0.05, 0.1) is 11.9 Å². The quantitative estimate of drug-likeness (QED) is 0.392. The Kier molecular flexibility index (Phi) is 10.1. The van der Waals surface area contributed by atoms with Crippen molar-refractivity contribution in [3.63, 3.8) is 0 Å². The van der Waals surface area contributed by atoms with Crippen molar-refractivity contribution in [2.45, 2.75) is 64.6 Å². The molecule has 0 aromatic heterocycles. The van der Waals surface area contributed by atoms with Crippen molar-refractivity contribution < 1.29 is 18.0 Å². The van der Waals surface area contributed by atoms with Crippen LogP contribution >= 0.6 is 34.8 Å². The second-order valence-electron chi connectivity index (χ2n) is 9.34. The van der Waals surface area contributed by atoms with E-state index in [-0.39, 0.29) is 18.5 Å². The molecule has 11 heteroatoms. The Balaban J connectivity index is 1.99. The summed E-state index contributed by atoms with van der Waals surface area (Å²) in [5, 5.41) is 4.22. The smallest absolute Gasteiger partial charge is 0.244 e. The van der Waals surface area contributed by atoms with Gasteiger partial charge in [-0.2, -0.15) is 0 Å². The number of nitrogens with zero attached hydrogens (tertiary/aromatic N) is 2. The Morgan fingerprint density at radius 2 is 1.70 bits per heavy atom. The molecule has 2 amide bonds. The SMILES string of the molecule is CCC(C(=O)NC1CCCC1)N(Cc1c(Cl)cccc1Cl)C(=O)CN(c1ccc(Cl)cc1C)S(C)(=O)=O. The molecule has 0 heterocycles. The molecule has 37 heavy (non-hydrogen) atoms. The molecule has 3 rings (SSSR count). The van der Waals surface area contributed by atoms with Crippen molar-refractivity contribution in [3.8, 4) is 0 Å². The summed E-state index contributed by atoms with van der Waals surface area (Å²) in [6.45, 7) is 2.97. The number of anilines is 1. The first-order chi connectivity index (χ1) is 17.4. The summed E-state index contributed by atoms with van der Waals surface area (Å²) in [6.07, 6.45) is 5.24. The summed E-state index contributed by atoms with van der Waals surface area (Å²) in [5.74, 6) is -0.830. The molecule has 0 saturated heterocycles. The largest absolute Gasteiger partial charge is 0.352 e. The first-order valence-corrected chi connectivity index (χ1v) is 15.2. The third-order valence-corrected chi connectivity index (χ3v) is 8.65. The van der Waals surface area contributed by atoms with Gasteiger partial charge in [0.1, 0.15) is 12.6 Å². The lowest BCUT2D eigenvalue weighted by atomic mass is 10.1. The number of aryl methyl sites for hydroxylation is 1. The van der Waals surface area contributed by atoms with Gasteiger partial charge in [-0.25, -0.2) is 8.42 Å². The summed E-state index contributed by atoms with van der Waals surface area (Å²) < 4.78 is 26.6. The van der Waals surface area contributed by atoms with Crippen LogP contribution in [0.5, 0.6) is 0 Å². The van der Waals surface area contributed by atoms with Gasteiger partial charge in [0.25, 0.3) is 0 Å². The fraction of sp³-hybridized carbons (Fsp3) is 0.462. The normalized spacial score (nSPS) is 14.9. The topological polar surface area (TPSA) is 86.8 Å². The highest BCUT2D eigenvalue weighted by Crippen LogP contribution is 2.29. The third kappa shape index (κ3) is 7.53. The molecule has 202 valence electrons. The number of hydrogen-bond acceptors (Lipinski definition) is 4. The zero-order valence-electron chi connectivity index (χ0n) is 21.1. The van der Waals surface area contributed by atoms with Gasteiger partial charge < -0.3 is 10.2 Å². The van der Waals surface area contributed by atoms with Crippen LogP contribution in [-0.2, 0) is 26.2 Å². The number of hydrogen-bond donors (Lipinski definition) is 1. The molecule has 7 nitrogen and oxygen atoms in total. The van der Waals surface area contributed by atoms with Crippen LogP contribution in [0.2, 0.25) is 15.1 Å². The monoisotopic (exact) mass is 587 g/mol. The molecule has 1 N–H and O–H groups in total. The second kappa shape index (κ2) is 12.7. The second-order valence-corrected chi connectivity index (χ2v) is 12.5. The molecule has 0 radical (unpaired) electrons. The van der Waals surface area contributed by atoms with Crippen molar-refractivity contribution in [2.75, 3.05) is 17.1 Å². The van der Waals surface area contributed by atoms with Crippen molar-refractivity contribution in [3.05, 3.63) is 62.6 Å². The van der Waals surface area contributed by atoms with E-state index in [0.717, 1.165) is 36.2 Å². The molecule has 0 bridgehead atoms. The minimum absolute atomic E-state index is 0.0505. The Morgan fingerprint density at radius 1 is 1.08 bits per heavy atom. The number of halogens is 3. The van der Waals surface area contributed by atoms with Gasteiger partial charge in [-0.05, 0) is 62.1 Å². The molecular weight excluding hydrogens is 557 g/mol. The van der Waals surface area contributed by atoms with Crippen LogP contribution in [0.4, 0.5) is 5.69 Å². The standard InChI is InChI=1S/C26H32Cl3N3O4S/c1-4-23(26(34)30-19-8-5-6-9-19)31(15-20-21(28)10-7-11-22(20)29)25(33)16-32(37(3,35)36)24-13-12-18(27)14-17(24)2/h7,10-14,19,23H,4-6,8-9,15-16H2,1-3H3,(H,30,34). The zero-order valence-corrected chi connectivity index (χ0v) is 24.2. The molecule has 1 unspecified atom stereocenters. The van der Waals surface area contributed by atoms with Crippen LogP contribution in [0.25, 0.3) is 0 Å². The lowest BCUT2D eigenvalue weighted by Crippen LogP contribution is -2.53. The Labute approximate surface area is 234 Å². The predicted octanol–water partition coefficient (Wildman–Crippen LogP) is 5.59. The number of rotatable bonds is 10. The third-order valence-electron chi connectivity index (χ3n) is 6.58. The molecule has 1 atom stereocenters. The van der Waals surface area contributed by atoms with Crippen LogP contribution in [0.15, 0.2) is 36.4 Å². The van der Waals surface area contributed by atoms with Gasteiger partial charge in [-0.15, -0.1) is 0 Å². The van der Waals surface area contributed by atoms with Crippen LogP contribution in [0, 0.1) is 6.92 Å². The number of nitrogens with one attached hydrogen (secondary N) is 1. The lowest BCUT2D eigenvalue weighted by Gasteiger charge is -2.34. The molecule has 0 aliphatic heterocycles. The number of sulfonamides is 1. The van der Waals surface area contributed by atoms with Crippen LogP contribution in [0.1, 0.15) is 50.2 Å². The number of carbonyl (C=O) groups is 2. The Morgan fingerprint density at radius 3 is 2.24 bits per heavy atom. The van der Waals surface area contributed by atoms with Gasteiger partial charge >= 0.3 is 0 Å². The van der Waals surface area contributed by atoms with E-state index in [1.807, 2.05) is 6.92 Å².